The van der Waals surface area contributed by atoms with Gasteiger partial charge in [0, 0.05) is 12.3 Å². The molecular weight excluding hydrogens is 256 g/mol. The molecule has 0 bridgehead atoms. The number of aromatic nitrogens is 1. The molecule has 0 N–H and O–H groups in total. The van der Waals surface area contributed by atoms with Gasteiger partial charge in [0.15, 0.2) is 5.69 Å². The Labute approximate surface area is 87.2 Å². The molecule has 0 aliphatic heterocycles. The Morgan fingerprint density at radius 1 is 1.71 bits per heavy atom. The van der Waals surface area contributed by atoms with Crippen molar-refractivity contribution in [3.05, 3.63) is 32.5 Å². The number of methoxy groups -OCH3 is 1. The summed E-state index contributed by atoms with van der Waals surface area (Å²) in [6.07, 6.45) is 1.18. The van der Waals surface area contributed by atoms with E-state index in [1.54, 1.807) is 0 Å². The van der Waals surface area contributed by atoms with Crippen molar-refractivity contribution < 1.29 is 14.5 Å². The van der Waals surface area contributed by atoms with Crippen LogP contribution < -0.4 is 0 Å². The number of esters is 1. The van der Waals surface area contributed by atoms with Crippen LogP contribution >= 0.6 is 15.9 Å². The molecule has 0 aliphatic carbocycles. The maximum atomic E-state index is 11.1. The van der Waals surface area contributed by atoms with Gasteiger partial charge in [-0.25, -0.2) is 9.78 Å². The zero-order valence-electron chi connectivity index (χ0n) is 7.06. The number of halogens is 1. The van der Waals surface area contributed by atoms with E-state index < -0.39 is 10.9 Å². The van der Waals surface area contributed by atoms with E-state index >= 15 is 0 Å². The lowest BCUT2D eigenvalue weighted by molar-refractivity contribution is -0.385. The third-order valence-corrected chi connectivity index (χ3v) is 2.23. The normalized spacial score (nSPS) is 9.57. The Morgan fingerprint density at radius 2 is 2.36 bits per heavy atom. The van der Waals surface area contributed by atoms with Gasteiger partial charge in [0.05, 0.1) is 12.0 Å². The summed E-state index contributed by atoms with van der Waals surface area (Å²) >= 11 is 2.92. The number of carbonyl (C=O) groups is 1. The second kappa shape index (κ2) is 4.14. The zero-order chi connectivity index (χ0) is 10.7. The summed E-state index contributed by atoms with van der Waals surface area (Å²) in [6.45, 7) is 0. The molecule has 0 aromatic carbocycles. The van der Waals surface area contributed by atoms with Crippen LogP contribution in [-0.2, 0) is 4.74 Å². The highest BCUT2D eigenvalue weighted by Crippen LogP contribution is 2.26. The third kappa shape index (κ3) is 1.87. The molecule has 0 radical (unpaired) electrons. The van der Waals surface area contributed by atoms with Crippen LogP contribution in [0, 0.1) is 10.1 Å². The van der Waals surface area contributed by atoms with Crippen LogP contribution in [0.4, 0.5) is 5.69 Å². The standard InChI is InChI=1S/C7H5BrN2O4/c1-14-7(11)6-5(8)4(10(12)13)2-3-9-6/h2-3H,1H3. The van der Waals surface area contributed by atoms with Crippen molar-refractivity contribution in [3.8, 4) is 0 Å². The minimum Gasteiger partial charge on any atom is -0.464 e. The molecule has 1 aromatic heterocycles. The van der Waals surface area contributed by atoms with Gasteiger partial charge in [0.2, 0.25) is 0 Å². The predicted octanol–water partition coefficient (Wildman–Crippen LogP) is 1.54. The molecule has 0 amide bonds. The topological polar surface area (TPSA) is 82.3 Å². The zero-order valence-corrected chi connectivity index (χ0v) is 8.65. The van der Waals surface area contributed by atoms with E-state index in [2.05, 4.69) is 25.7 Å². The summed E-state index contributed by atoms with van der Waals surface area (Å²) in [4.78, 5) is 24.6. The Morgan fingerprint density at radius 3 is 2.86 bits per heavy atom. The second-order valence-electron chi connectivity index (χ2n) is 2.24. The van der Waals surface area contributed by atoms with Crippen molar-refractivity contribution >= 4 is 27.6 Å². The SMILES string of the molecule is COC(=O)c1nccc([N+](=O)[O-])c1Br. The van der Waals surface area contributed by atoms with E-state index in [-0.39, 0.29) is 15.9 Å². The Hall–Kier alpha value is -1.50. The summed E-state index contributed by atoms with van der Waals surface area (Å²) in [5, 5.41) is 10.5. The first-order chi connectivity index (χ1) is 6.57. The van der Waals surface area contributed by atoms with E-state index in [4.69, 9.17) is 0 Å². The summed E-state index contributed by atoms with van der Waals surface area (Å²) in [5.74, 6) is -0.722. The molecule has 1 rings (SSSR count). The molecule has 1 aromatic rings. The number of carbonyl (C=O) groups excluding carboxylic acids is 1. The number of ether oxygens (including phenoxy) is 1. The van der Waals surface area contributed by atoms with E-state index in [0.29, 0.717) is 0 Å². The van der Waals surface area contributed by atoms with Crippen molar-refractivity contribution in [2.24, 2.45) is 0 Å². The van der Waals surface area contributed by atoms with Crippen LogP contribution in [0.5, 0.6) is 0 Å². The first-order valence-corrected chi connectivity index (χ1v) is 4.24. The van der Waals surface area contributed by atoms with E-state index in [1.165, 1.54) is 19.4 Å². The number of nitro groups is 1. The minimum atomic E-state index is -0.722. The molecule has 14 heavy (non-hydrogen) atoms. The van der Waals surface area contributed by atoms with E-state index in [9.17, 15) is 14.9 Å². The van der Waals surface area contributed by atoms with Crippen LogP contribution in [0.15, 0.2) is 16.7 Å². The lowest BCUT2D eigenvalue weighted by Crippen LogP contribution is -2.06. The van der Waals surface area contributed by atoms with Gasteiger partial charge in [-0.05, 0) is 15.9 Å². The molecule has 0 spiro atoms. The van der Waals surface area contributed by atoms with E-state index in [0.717, 1.165) is 0 Å². The fourth-order valence-corrected chi connectivity index (χ4v) is 1.35. The molecular formula is C7H5BrN2O4. The number of hydrogen-bond donors (Lipinski definition) is 0. The average molecular weight is 261 g/mol. The second-order valence-corrected chi connectivity index (χ2v) is 3.03. The third-order valence-electron chi connectivity index (χ3n) is 1.44. The highest BCUT2D eigenvalue weighted by molar-refractivity contribution is 9.10. The largest absolute Gasteiger partial charge is 0.464 e. The first kappa shape index (κ1) is 10.6. The minimum absolute atomic E-state index is 0.0249. The van der Waals surface area contributed by atoms with Crippen molar-refractivity contribution in [1.82, 2.24) is 4.98 Å². The Kier molecular flexibility index (Phi) is 3.13. The first-order valence-electron chi connectivity index (χ1n) is 3.45. The van der Waals surface area contributed by atoms with Crippen molar-refractivity contribution in [1.29, 1.82) is 0 Å². The average Bonchev–Trinajstić information content (AvgIpc) is 2.16. The molecule has 0 saturated carbocycles. The molecule has 0 atom stereocenters. The van der Waals surface area contributed by atoms with Crippen LogP contribution in [0.1, 0.15) is 10.5 Å². The fraction of sp³-hybridized carbons (Fsp3) is 0.143. The highest BCUT2D eigenvalue weighted by Gasteiger charge is 2.21. The van der Waals surface area contributed by atoms with E-state index in [1.807, 2.05) is 0 Å². The highest BCUT2D eigenvalue weighted by atomic mass is 79.9. The molecule has 74 valence electrons. The lowest BCUT2D eigenvalue weighted by atomic mass is 10.3. The summed E-state index contributed by atoms with van der Waals surface area (Å²) < 4.78 is 4.42. The molecule has 1 heterocycles. The summed E-state index contributed by atoms with van der Waals surface area (Å²) in [7, 11) is 1.18. The van der Waals surface area contributed by atoms with Crippen molar-refractivity contribution in [2.75, 3.05) is 7.11 Å². The van der Waals surface area contributed by atoms with Crippen LogP contribution in [0.2, 0.25) is 0 Å². The van der Waals surface area contributed by atoms with Gasteiger partial charge in [0.25, 0.3) is 5.69 Å². The Balaban J connectivity index is 3.27. The van der Waals surface area contributed by atoms with Gasteiger partial charge >= 0.3 is 5.97 Å². The maximum absolute atomic E-state index is 11.1. The molecule has 7 heteroatoms. The van der Waals surface area contributed by atoms with Gasteiger partial charge in [-0.2, -0.15) is 0 Å². The maximum Gasteiger partial charge on any atom is 0.358 e. The van der Waals surface area contributed by atoms with Gasteiger partial charge < -0.3 is 4.74 Å². The molecule has 0 unspecified atom stereocenters. The number of hydrogen-bond acceptors (Lipinski definition) is 5. The van der Waals surface area contributed by atoms with Crippen LogP contribution in [0.3, 0.4) is 0 Å². The quantitative estimate of drug-likeness (QED) is 0.458. The van der Waals surface area contributed by atoms with Gasteiger partial charge in [-0.15, -0.1) is 0 Å². The number of pyridine rings is 1. The number of rotatable bonds is 2. The van der Waals surface area contributed by atoms with Crippen molar-refractivity contribution in [3.63, 3.8) is 0 Å². The molecule has 6 nitrogen and oxygen atoms in total. The lowest BCUT2D eigenvalue weighted by Gasteiger charge is -2.00. The van der Waals surface area contributed by atoms with Gasteiger partial charge in [-0.3, -0.25) is 10.1 Å². The van der Waals surface area contributed by atoms with Gasteiger partial charge in [-0.1, -0.05) is 0 Å². The number of nitrogens with zero attached hydrogens (tertiary/aromatic N) is 2. The van der Waals surface area contributed by atoms with Crippen LogP contribution in [0.25, 0.3) is 0 Å². The fourth-order valence-electron chi connectivity index (χ4n) is 0.814. The predicted molar refractivity (Wildman–Crippen MR) is 49.9 cm³/mol. The Bertz CT molecular complexity index is 393. The molecule has 0 fully saturated rings. The van der Waals surface area contributed by atoms with Crippen LogP contribution in [-0.4, -0.2) is 23.0 Å². The molecule has 0 saturated heterocycles. The monoisotopic (exact) mass is 260 g/mol. The smallest absolute Gasteiger partial charge is 0.358 e. The summed E-state index contributed by atoms with van der Waals surface area (Å²) in [5.41, 5.74) is -0.331. The van der Waals surface area contributed by atoms with Crippen molar-refractivity contribution in [2.45, 2.75) is 0 Å². The van der Waals surface area contributed by atoms with Gasteiger partial charge in [0.1, 0.15) is 4.47 Å². The molecule has 0 aliphatic rings. The summed E-state index contributed by atoms with van der Waals surface area (Å²) in [6, 6.07) is 1.19.